The second kappa shape index (κ2) is 2.04. The highest BCUT2D eigenvalue weighted by Gasteiger charge is 2.22. The molecule has 1 aliphatic heterocycles. The minimum Gasteiger partial charge on any atom is -0.310 e. The van der Waals surface area contributed by atoms with Crippen LogP contribution in [0.2, 0.25) is 0 Å². The minimum absolute atomic E-state index is 0.801. The highest BCUT2D eigenvalue weighted by molar-refractivity contribution is 4.87. The van der Waals surface area contributed by atoms with E-state index in [4.69, 9.17) is 5.26 Å². The van der Waals surface area contributed by atoms with Crippen LogP contribution < -0.4 is 0 Å². The summed E-state index contributed by atoms with van der Waals surface area (Å²) in [5.41, 5.74) is 0. The molecule has 0 aromatic heterocycles. The van der Waals surface area contributed by atoms with E-state index in [1.165, 1.54) is 6.42 Å². The lowest BCUT2D eigenvalue weighted by atomic mass is 9.99. The first-order valence-electron chi connectivity index (χ1n) is 3.01. The van der Waals surface area contributed by atoms with Crippen molar-refractivity contribution < 1.29 is 0 Å². The molecule has 1 saturated heterocycles. The highest BCUT2D eigenvalue weighted by Crippen LogP contribution is 2.16. The van der Waals surface area contributed by atoms with E-state index in [2.05, 4.69) is 13.1 Å². The van der Waals surface area contributed by atoms with Crippen molar-refractivity contribution >= 4 is 0 Å². The van der Waals surface area contributed by atoms with Gasteiger partial charge in [0.2, 0.25) is 0 Å². The summed E-state index contributed by atoms with van der Waals surface area (Å²) in [6.07, 6.45) is 3.32. The van der Waals surface area contributed by atoms with Crippen molar-refractivity contribution in [3.8, 4) is 6.19 Å². The number of hydrogen-bond donors (Lipinski definition) is 0. The van der Waals surface area contributed by atoms with E-state index >= 15 is 0 Å². The zero-order chi connectivity index (χ0) is 5.98. The Bertz CT molecular complexity index is 108. The van der Waals surface area contributed by atoms with Crippen LogP contribution in [0.25, 0.3) is 0 Å². The third-order valence-corrected chi connectivity index (χ3v) is 1.68. The maximum atomic E-state index is 8.28. The molecule has 2 heteroatoms. The van der Waals surface area contributed by atoms with E-state index in [1.807, 2.05) is 0 Å². The Kier molecular flexibility index (Phi) is 1.38. The molecule has 1 heterocycles. The van der Waals surface area contributed by atoms with Crippen molar-refractivity contribution in [3.63, 3.8) is 0 Å². The first-order chi connectivity index (χ1) is 3.86. The average molecular weight is 110 g/mol. The fraction of sp³-hybridized carbons (Fsp3) is 0.833. The van der Waals surface area contributed by atoms with E-state index in [0.717, 1.165) is 19.0 Å². The predicted octanol–water partition coefficient (Wildman–Crippen LogP) is 0.809. The first-order valence-corrected chi connectivity index (χ1v) is 3.01. The molecule has 0 atom stereocenters. The quantitative estimate of drug-likeness (QED) is 0.467. The number of hydrogen-bond acceptors (Lipinski definition) is 2. The van der Waals surface area contributed by atoms with Crippen LogP contribution in [-0.2, 0) is 0 Å². The average Bonchev–Trinajstić information content (AvgIpc) is 1.65. The maximum Gasteiger partial charge on any atom is 0.179 e. The van der Waals surface area contributed by atoms with Gasteiger partial charge in [0.25, 0.3) is 0 Å². The van der Waals surface area contributed by atoms with Gasteiger partial charge in [-0.05, 0) is 12.3 Å². The molecule has 0 amide bonds. The van der Waals surface area contributed by atoms with Crippen molar-refractivity contribution in [2.24, 2.45) is 5.92 Å². The fourth-order valence-corrected chi connectivity index (χ4v) is 0.910. The molecule has 0 spiro atoms. The largest absolute Gasteiger partial charge is 0.310 e. The van der Waals surface area contributed by atoms with E-state index in [-0.39, 0.29) is 0 Å². The summed E-state index contributed by atoms with van der Waals surface area (Å²) < 4.78 is 0. The molecule has 44 valence electrons. The number of nitriles is 1. The van der Waals surface area contributed by atoms with E-state index in [1.54, 1.807) is 4.90 Å². The molecule has 1 rings (SSSR count). The van der Waals surface area contributed by atoms with Gasteiger partial charge in [-0.25, -0.2) is 0 Å². The van der Waals surface area contributed by atoms with Gasteiger partial charge in [-0.1, -0.05) is 6.92 Å². The first kappa shape index (κ1) is 5.43. The second-order valence-electron chi connectivity index (χ2n) is 2.28. The van der Waals surface area contributed by atoms with Crippen LogP contribution >= 0.6 is 0 Å². The Hall–Kier alpha value is -0.710. The monoisotopic (exact) mass is 110 g/mol. The molecule has 0 saturated carbocycles. The fourth-order valence-electron chi connectivity index (χ4n) is 0.910. The van der Waals surface area contributed by atoms with E-state index in [9.17, 15) is 0 Å². The lowest BCUT2D eigenvalue weighted by Gasteiger charge is -2.33. The summed E-state index contributed by atoms with van der Waals surface area (Å²) in [7, 11) is 0. The van der Waals surface area contributed by atoms with Crippen molar-refractivity contribution in [3.05, 3.63) is 0 Å². The van der Waals surface area contributed by atoms with Gasteiger partial charge in [0.15, 0.2) is 6.19 Å². The molecule has 0 radical (unpaired) electrons. The van der Waals surface area contributed by atoms with Crippen molar-refractivity contribution in [1.29, 1.82) is 5.26 Å². The molecule has 0 N–H and O–H groups in total. The Morgan fingerprint density at radius 2 is 2.38 bits per heavy atom. The lowest BCUT2D eigenvalue weighted by molar-refractivity contribution is 0.167. The van der Waals surface area contributed by atoms with Crippen LogP contribution in [0.4, 0.5) is 0 Å². The molecule has 1 aliphatic rings. The molecular weight excluding hydrogens is 100 g/mol. The van der Waals surface area contributed by atoms with Crippen molar-refractivity contribution in [2.45, 2.75) is 13.3 Å². The normalized spacial score (nSPS) is 19.8. The van der Waals surface area contributed by atoms with Gasteiger partial charge in [-0.3, -0.25) is 0 Å². The van der Waals surface area contributed by atoms with Crippen molar-refractivity contribution in [1.82, 2.24) is 4.90 Å². The summed E-state index contributed by atoms with van der Waals surface area (Å²) in [4.78, 5) is 1.79. The Morgan fingerprint density at radius 3 is 2.75 bits per heavy atom. The predicted molar refractivity (Wildman–Crippen MR) is 31.0 cm³/mol. The molecule has 0 bridgehead atoms. The van der Waals surface area contributed by atoms with E-state index in [0.29, 0.717) is 0 Å². The van der Waals surface area contributed by atoms with Crippen LogP contribution in [-0.4, -0.2) is 18.0 Å². The Morgan fingerprint density at radius 1 is 1.75 bits per heavy atom. The summed E-state index contributed by atoms with van der Waals surface area (Å²) in [6, 6.07) is 0. The Balaban J connectivity index is 2.14. The molecule has 0 unspecified atom stereocenters. The van der Waals surface area contributed by atoms with Gasteiger partial charge in [0.05, 0.1) is 0 Å². The number of likely N-dealkylation sites (tertiary alicyclic amines) is 1. The van der Waals surface area contributed by atoms with Gasteiger partial charge in [-0.2, -0.15) is 5.26 Å². The molecule has 0 aliphatic carbocycles. The van der Waals surface area contributed by atoms with Gasteiger partial charge in [0, 0.05) is 13.1 Å². The van der Waals surface area contributed by atoms with Crippen LogP contribution in [0.3, 0.4) is 0 Å². The minimum atomic E-state index is 0.801. The van der Waals surface area contributed by atoms with E-state index < -0.39 is 0 Å². The highest BCUT2D eigenvalue weighted by atomic mass is 15.2. The summed E-state index contributed by atoms with van der Waals surface area (Å²) >= 11 is 0. The summed E-state index contributed by atoms with van der Waals surface area (Å²) in [5, 5.41) is 8.28. The summed E-state index contributed by atoms with van der Waals surface area (Å²) in [5.74, 6) is 0.801. The molecule has 1 fully saturated rings. The topological polar surface area (TPSA) is 27.0 Å². The van der Waals surface area contributed by atoms with Crippen molar-refractivity contribution in [2.75, 3.05) is 13.1 Å². The molecular formula is C6H10N2. The lowest BCUT2D eigenvalue weighted by Crippen LogP contribution is -2.42. The zero-order valence-electron chi connectivity index (χ0n) is 5.09. The van der Waals surface area contributed by atoms with Crippen LogP contribution in [0.15, 0.2) is 0 Å². The maximum absolute atomic E-state index is 8.28. The number of nitrogens with zero attached hydrogens (tertiary/aromatic N) is 2. The molecule has 0 aromatic rings. The van der Waals surface area contributed by atoms with Crippen LogP contribution in [0.1, 0.15) is 13.3 Å². The third-order valence-electron chi connectivity index (χ3n) is 1.68. The smallest absolute Gasteiger partial charge is 0.179 e. The summed E-state index contributed by atoms with van der Waals surface area (Å²) in [6.45, 7) is 4.15. The zero-order valence-corrected chi connectivity index (χ0v) is 5.09. The third kappa shape index (κ3) is 0.764. The van der Waals surface area contributed by atoms with Gasteiger partial charge < -0.3 is 4.90 Å². The van der Waals surface area contributed by atoms with Gasteiger partial charge >= 0.3 is 0 Å². The van der Waals surface area contributed by atoms with Gasteiger partial charge in [0.1, 0.15) is 0 Å². The Labute approximate surface area is 49.7 Å². The van der Waals surface area contributed by atoms with Crippen LogP contribution in [0.5, 0.6) is 0 Å². The SMILES string of the molecule is CCC1CN(C#N)C1. The van der Waals surface area contributed by atoms with Crippen LogP contribution in [0, 0.1) is 17.4 Å². The van der Waals surface area contributed by atoms with Gasteiger partial charge in [-0.15, -0.1) is 0 Å². The second-order valence-corrected chi connectivity index (χ2v) is 2.28. The number of rotatable bonds is 1. The molecule has 2 nitrogen and oxygen atoms in total. The molecule has 8 heavy (non-hydrogen) atoms. The molecule has 0 aromatic carbocycles. The standard InChI is InChI=1S/C6H10N2/c1-2-6-3-8(4-6)5-7/h6H,2-4H2,1H3.